The van der Waals surface area contributed by atoms with E-state index < -0.39 is 10.2 Å². The average Bonchev–Trinajstić information content (AvgIpc) is 3.07. The van der Waals surface area contributed by atoms with Crippen LogP contribution in [0.3, 0.4) is 0 Å². The second-order valence-electron chi connectivity index (χ2n) is 6.06. The Morgan fingerprint density at radius 2 is 1.79 bits per heavy atom. The van der Waals surface area contributed by atoms with Gasteiger partial charge >= 0.3 is 0 Å². The van der Waals surface area contributed by atoms with Gasteiger partial charge in [0, 0.05) is 18.0 Å². The summed E-state index contributed by atoms with van der Waals surface area (Å²) >= 11 is 1.54. The van der Waals surface area contributed by atoms with E-state index in [1.165, 1.54) is 4.31 Å². The minimum absolute atomic E-state index is 0.109. The number of morpholine rings is 1. The first-order valence-corrected chi connectivity index (χ1v) is 10.3. The zero-order valence-corrected chi connectivity index (χ0v) is 15.4. The third kappa shape index (κ3) is 4.04. The fourth-order valence-corrected chi connectivity index (χ4v) is 5.34. The molecule has 1 aromatic heterocycles. The fraction of sp³-hybridized carbons (Fsp3) is 0.412. The lowest BCUT2D eigenvalue weighted by molar-refractivity contribution is -0.0444. The topological polar surface area (TPSA) is 58.6 Å². The van der Waals surface area contributed by atoms with E-state index in [4.69, 9.17) is 4.74 Å². The van der Waals surface area contributed by atoms with Crippen LogP contribution in [-0.4, -0.2) is 38.0 Å². The van der Waals surface area contributed by atoms with E-state index >= 15 is 0 Å². The molecule has 0 aliphatic carbocycles. The van der Waals surface area contributed by atoms with E-state index in [2.05, 4.69) is 4.72 Å². The van der Waals surface area contributed by atoms with E-state index in [1.807, 2.05) is 61.7 Å². The van der Waals surface area contributed by atoms with Crippen molar-refractivity contribution in [3.05, 3.63) is 58.3 Å². The first-order chi connectivity index (χ1) is 11.5. The molecule has 24 heavy (non-hydrogen) atoms. The molecule has 3 rings (SSSR count). The van der Waals surface area contributed by atoms with Crippen molar-refractivity contribution in [3.8, 4) is 0 Å². The molecular weight excluding hydrogens is 344 g/mol. The molecular formula is C17H22N2O3S2. The van der Waals surface area contributed by atoms with E-state index in [0.29, 0.717) is 13.1 Å². The second-order valence-corrected chi connectivity index (χ2v) is 8.74. The molecule has 1 N–H and O–H groups in total. The van der Waals surface area contributed by atoms with Gasteiger partial charge in [-0.3, -0.25) is 0 Å². The highest BCUT2D eigenvalue weighted by Gasteiger charge is 2.33. The number of ether oxygens (including phenoxy) is 1. The Labute approximate surface area is 147 Å². The van der Waals surface area contributed by atoms with E-state index in [-0.39, 0.29) is 18.2 Å². The zero-order valence-electron chi connectivity index (χ0n) is 13.8. The van der Waals surface area contributed by atoms with Crippen molar-refractivity contribution in [2.45, 2.75) is 32.1 Å². The van der Waals surface area contributed by atoms with Crippen LogP contribution >= 0.6 is 11.3 Å². The number of hydrogen-bond donors (Lipinski definition) is 1. The molecule has 1 aliphatic heterocycles. The predicted molar refractivity (Wildman–Crippen MR) is 96.2 cm³/mol. The van der Waals surface area contributed by atoms with Gasteiger partial charge in [0.05, 0.1) is 18.2 Å². The maximum atomic E-state index is 12.9. The zero-order chi connectivity index (χ0) is 17.2. The lowest BCUT2D eigenvalue weighted by Gasteiger charge is -2.35. The summed E-state index contributed by atoms with van der Waals surface area (Å²) in [7, 11) is -3.61. The highest BCUT2D eigenvalue weighted by atomic mass is 32.2. The summed E-state index contributed by atoms with van der Waals surface area (Å²) in [5, 5.41) is 1.96. The number of thiophene rings is 1. The maximum absolute atomic E-state index is 12.9. The normalized spacial score (nSPS) is 23.9. The van der Waals surface area contributed by atoms with Crippen LogP contribution < -0.4 is 4.72 Å². The summed E-state index contributed by atoms with van der Waals surface area (Å²) in [6.07, 6.45) is -0.218. The van der Waals surface area contributed by atoms with Crippen molar-refractivity contribution in [2.24, 2.45) is 0 Å². The molecule has 1 saturated heterocycles. The van der Waals surface area contributed by atoms with E-state index in [0.717, 1.165) is 10.4 Å². The molecule has 0 amide bonds. The van der Waals surface area contributed by atoms with Gasteiger partial charge in [-0.1, -0.05) is 36.4 Å². The number of nitrogens with one attached hydrogen (secondary N) is 1. The molecule has 0 bridgehead atoms. The molecule has 3 atom stereocenters. The molecule has 5 nitrogen and oxygen atoms in total. The molecule has 1 fully saturated rings. The van der Waals surface area contributed by atoms with Crippen LogP contribution in [0, 0.1) is 0 Å². The van der Waals surface area contributed by atoms with E-state index in [1.54, 1.807) is 11.3 Å². The van der Waals surface area contributed by atoms with Crippen LogP contribution in [-0.2, 0) is 14.9 Å². The first-order valence-electron chi connectivity index (χ1n) is 7.97. The van der Waals surface area contributed by atoms with Gasteiger partial charge < -0.3 is 4.74 Å². The first kappa shape index (κ1) is 17.6. The van der Waals surface area contributed by atoms with Gasteiger partial charge in [0.15, 0.2) is 0 Å². The molecule has 3 unspecified atom stereocenters. The van der Waals surface area contributed by atoms with Gasteiger partial charge in [-0.15, -0.1) is 11.3 Å². The molecule has 1 aromatic carbocycles. The highest BCUT2D eigenvalue weighted by Crippen LogP contribution is 2.27. The van der Waals surface area contributed by atoms with Crippen LogP contribution in [0.15, 0.2) is 47.8 Å². The maximum Gasteiger partial charge on any atom is 0.280 e. The monoisotopic (exact) mass is 366 g/mol. The number of hydrogen-bond acceptors (Lipinski definition) is 4. The van der Waals surface area contributed by atoms with E-state index in [9.17, 15) is 8.42 Å². The molecule has 2 heterocycles. The Bertz CT molecular complexity index is 737. The molecule has 2 aromatic rings. The van der Waals surface area contributed by atoms with Gasteiger partial charge in [-0.05, 0) is 30.9 Å². The van der Waals surface area contributed by atoms with Gasteiger partial charge in [0.25, 0.3) is 10.2 Å². The molecule has 0 spiro atoms. The summed E-state index contributed by atoms with van der Waals surface area (Å²) in [6.45, 7) is 4.52. The van der Waals surface area contributed by atoms with Crippen LogP contribution in [0.5, 0.6) is 0 Å². The van der Waals surface area contributed by atoms with Gasteiger partial charge in [0.1, 0.15) is 0 Å². The Morgan fingerprint density at radius 1 is 1.12 bits per heavy atom. The lowest BCUT2D eigenvalue weighted by Crippen LogP contribution is -2.52. The van der Waals surface area contributed by atoms with Crippen molar-refractivity contribution >= 4 is 21.5 Å². The smallest absolute Gasteiger partial charge is 0.280 e. The van der Waals surface area contributed by atoms with Crippen LogP contribution in [0.1, 0.15) is 30.3 Å². The molecule has 130 valence electrons. The highest BCUT2D eigenvalue weighted by molar-refractivity contribution is 7.87. The van der Waals surface area contributed by atoms with Crippen LogP contribution in [0.25, 0.3) is 0 Å². The van der Waals surface area contributed by atoms with Crippen molar-refractivity contribution < 1.29 is 13.2 Å². The van der Waals surface area contributed by atoms with Crippen LogP contribution in [0.2, 0.25) is 0 Å². The quantitative estimate of drug-likeness (QED) is 0.885. The van der Waals surface area contributed by atoms with Crippen molar-refractivity contribution in [1.82, 2.24) is 9.03 Å². The third-order valence-corrected chi connectivity index (χ3v) is 6.40. The Morgan fingerprint density at radius 3 is 2.38 bits per heavy atom. The standard InChI is InChI=1S/C17H22N2O3S2/c1-13-11-19(12-14(2)22-13)24(20,21)18-17(16-9-6-10-23-16)15-7-4-3-5-8-15/h3-10,13-14,17-18H,11-12H2,1-2H3. The minimum Gasteiger partial charge on any atom is -0.373 e. The van der Waals surface area contributed by atoms with Crippen molar-refractivity contribution in [1.29, 1.82) is 0 Å². The summed E-state index contributed by atoms with van der Waals surface area (Å²) in [5.74, 6) is 0. The van der Waals surface area contributed by atoms with Crippen LogP contribution in [0.4, 0.5) is 0 Å². The molecule has 1 aliphatic rings. The molecule has 0 saturated carbocycles. The second kappa shape index (κ2) is 7.33. The Balaban J connectivity index is 1.87. The summed E-state index contributed by atoms with van der Waals surface area (Å²) in [4.78, 5) is 0.971. The average molecular weight is 367 g/mol. The fourth-order valence-electron chi connectivity index (χ4n) is 2.94. The van der Waals surface area contributed by atoms with Crippen molar-refractivity contribution in [3.63, 3.8) is 0 Å². The summed E-state index contributed by atoms with van der Waals surface area (Å²) < 4.78 is 35.8. The van der Waals surface area contributed by atoms with Gasteiger partial charge in [0.2, 0.25) is 0 Å². The third-order valence-electron chi connectivity index (χ3n) is 3.95. The largest absolute Gasteiger partial charge is 0.373 e. The van der Waals surface area contributed by atoms with Gasteiger partial charge in [-0.25, -0.2) is 0 Å². The minimum atomic E-state index is -3.61. The number of benzene rings is 1. The Hall–Kier alpha value is -1.25. The summed E-state index contributed by atoms with van der Waals surface area (Å²) in [5.41, 5.74) is 0.929. The number of rotatable bonds is 5. The number of nitrogens with zero attached hydrogens (tertiary/aromatic N) is 1. The molecule has 7 heteroatoms. The lowest BCUT2D eigenvalue weighted by atomic mass is 10.1. The van der Waals surface area contributed by atoms with Gasteiger partial charge in [-0.2, -0.15) is 17.4 Å². The van der Waals surface area contributed by atoms with Crippen molar-refractivity contribution in [2.75, 3.05) is 13.1 Å². The molecule has 0 radical (unpaired) electrons. The Kier molecular flexibility index (Phi) is 5.36. The predicted octanol–water partition coefficient (Wildman–Crippen LogP) is 2.78. The summed E-state index contributed by atoms with van der Waals surface area (Å²) in [6, 6.07) is 13.2. The SMILES string of the molecule is CC1CN(S(=O)(=O)NC(c2ccccc2)c2cccs2)CC(C)O1.